The van der Waals surface area contributed by atoms with Gasteiger partial charge in [-0.1, -0.05) is 25.1 Å². The zero-order valence-corrected chi connectivity index (χ0v) is 11.2. The van der Waals surface area contributed by atoms with Gasteiger partial charge in [0.1, 0.15) is 0 Å². The van der Waals surface area contributed by atoms with E-state index in [0.717, 1.165) is 32.0 Å². The van der Waals surface area contributed by atoms with E-state index >= 15 is 0 Å². The van der Waals surface area contributed by atoms with Crippen molar-refractivity contribution in [2.45, 2.75) is 32.5 Å². The van der Waals surface area contributed by atoms with E-state index in [1.165, 1.54) is 12.1 Å². The van der Waals surface area contributed by atoms with Gasteiger partial charge in [-0.05, 0) is 44.1 Å². The highest BCUT2D eigenvalue weighted by molar-refractivity contribution is 5.25. The molecule has 0 bridgehead atoms. The van der Waals surface area contributed by atoms with Crippen LogP contribution in [0.4, 0.5) is 13.2 Å². The molecule has 19 heavy (non-hydrogen) atoms. The summed E-state index contributed by atoms with van der Waals surface area (Å²) in [5.41, 5.74) is 5.58. The van der Waals surface area contributed by atoms with E-state index in [0.29, 0.717) is 18.7 Å². The van der Waals surface area contributed by atoms with Crippen LogP contribution in [0.5, 0.6) is 0 Å². The molecule has 0 aliphatic carbocycles. The van der Waals surface area contributed by atoms with Crippen LogP contribution in [0.1, 0.15) is 30.9 Å². The summed E-state index contributed by atoms with van der Waals surface area (Å²) in [6, 6.07) is 5.53. The number of rotatable bonds is 7. The third-order valence-corrected chi connectivity index (χ3v) is 2.88. The number of benzene rings is 1. The van der Waals surface area contributed by atoms with Crippen molar-refractivity contribution in [1.29, 1.82) is 0 Å². The topological polar surface area (TPSA) is 29.3 Å². The Bertz CT molecular complexity index is 377. The molecule has 0 amide bonds. The first-order valence-electron chi connectivity index (χ1n) is 6.56. The van der Waals surface area contributed by atoms with Gasteiger partial charge in [0.15, 0.2) is 0 Å². The highest BCUT2D eigenvalue weighted by atomic mass is 19.4. The van der Waals surface area contributed by atoms with E-state index in [-0.39, 0.29) is 0 Å². The van der Waals surface area contributed by atoms with Crippen LogP contribution in [0.2, 0.25) is 0 Å². The molecular weight excluding hydrogens is 253 g/mol. The van der Waals surface area contributed by atoms with Gasteiger partial charge in [-0.25, -0.2) is 0 Å². The van der Waals surface area contributed by atoms with Crippen LogP contribution in [0.3, 0.4) is 0 Å². The van der Waals surface area contributed by atoms with Crippen LogP contribution in [0.15, 0.2) is 24.3 Å². The lowest BCUT2D eigenvalue weighted by Crippen LogP contribution is -2.27. The molecule has 0 heterocycles. The average Bonchev–Trinajstić information content (AvgIpc) is 2.35. The lowest BCUT2D eigenvalue weighted by molar-refractivity contribution is -0.137. The molecule has 0 saturated carbocycles. The van der Waals surface area contributed by atoms with Crippen LogP contribution in [-0.4, -0.2) is 24.5 Å². The second-order valence-corrected chi connectivity index (χ2v) is 4.62. The molecule has 0 aliphatic rings. The van der Waals surface area contributed by atoms with Crippen molar-refractivity contribution in [3.05, 3.63) is 35.4 Å². The highest BCUT2D eigenvalue weighted by Gasteiger charge is 2.30. The Morgan fingerprint density at radius 1 is 1.21 bits per heavy atom. The quantitative estimate of drug-likeness (QED) is 0.827. The number of alkyl halides is 3. The summed E-state index contributed by atoms with van der Waals surface area (Å²) < 4.78 is 37.9. The minimum Gasteiger partial charge on any atom is -0.330 e. The van der Waals surface area contributed by atoms with Gasteiger partial charge in [0, 0.05) is 6.54 Å². The standard InChI is InChI=1S/C14H21F3N2/c1-2-8-19(9-4-7-18)11-12-5-3-6-13(10-12)14(15,16)17/h3,5-6,10H,2,4,7-9,11,18H2,1H3. The molecule has 1 aromatic rings. The first-order chi connectivity index (χ1) is 8.97. The predicted molar refractivity (Wildman–Crippen MR) is 70.7 cm³/mol. The van der Waals surface area contributed by atoms with Crippen molar-refractivity contribution in [2.24, 2.45) is 5.73 Å². The minimum atomic E-state index is -4.27. The lowest BCUT2D eigenvalue weighted by Gasteiger charge is -2.22. The largest absolute Gasteiger partial charge is 0.416 e. The molecule has 0 radical (unpaired) electrons. The molecule has 0 atom stereocenters. The molecule has 108 valence electrons. The Morgan fingerprint density at radius 3 is 2.53 bits per heavy atom. The fraction of sp³-hybridized carbons (Fsp3) is 0.571. The van der Waals surface area contributed by atoms with E-state index in [9.17, 15) is 13.2 Å². The van der Waals surface area contributed by atoms with Crippen LogP contribution in [0.25, 0.3) is 0 Å². The van der Waals surface area contributed by atoms with Crippen molar-refractivity contribution < 1.29 is 13.2 Å². The smallest absolute Gasteiger partial charge is 0.330 e. The van der Waals surface area contributed by atoms with Crippen LogP contribution < -0.4 is 5.73 Å². The van der Waals surface area contributed by atoms with Crippen molar-refractivity contribution in [2.75, 3.05) is 19.6 Å². The maximum absolute atomic E-state index is 12.6. The van der Waals surface area contributed by atoms with Gasteiger partial charge < -0.3 is 5.73 Å². The summed E-state index contributed by atoms with van der Waals surface area (Å²) in [5, 5.41) is 0. The van der Waals surface area contributed by atoms with Crippen LogP contribution in [-0.2, 0) is 12.7 Å². The molecular formula is C14H21F3N2. The zero-order valence-electron chi connectivity index (χ0n) is 11.2. The second-order valence-electron chi connectivity index (χ2n) is 4.62. The number of nitrogens with zero attached hydrogens (tertiary/aromatic N) is 1. The first-order valence-corrected chi connectivity index (χ1v) is 6.56. The lowest BCUT2D eigenvalue weighted by atomic mass is 10.1. The number of nitrogens with two attached hydrogens (primary N) is 1. The van der Waals surface area contributed by atoms with Gasteiger partial charge in [-0.3, -0.25) is 4.90 Å². The summed E-state index contributed by atoms with van der Waals surface area (Å²) in [6.07, 6.45) is -2.44. The molecule has 0 saturated heterocycles. The second kappa shape index (κ2) is 7.50. The first kappa shape index (κ1) is 16.0. The van der Waals surface area contributed by atoms with Crippen LogP contribution in [0, 0.1) is 0 Å². The predicted octanol–water partition coefficient (Wildman–Crippen LogP) is 3.27. The minimum absolute atomic E-state index is 0.539. The number of halogens is 3. The van der Waals surface area contributed by atoms with Crippen LogP contribution >= 0.6 is 0 Å². The van der Waals surface area contributed by atoms with Gasteiger partial charge in [0.2, 0.25) is 0 Å². The molecule has 0 unspecified atom stereocenters. The molecule has 2 nitrogen and oxygen atoms in total. The van der Waals surface area contributed by atoms with E-state index in [4.69, 9.17) is 5.73 Å². The average molecular weight is 274 g/mol. The normalized spacial score (nSPS) is 12.1. The monoisotopic (exact) mass is 274 g/mol. The van der Waals surface area contributed by atoms with Crippen molar-refractivity contribution in [3.8, 4) is 0 Å². The van der Waals surface area contributed by atoms with E-state index in [2.05, 4.69) is 11.8 Å². The summed E-state index contributed by atoms with van der Waals surface area (Å²) in [5.74, 6) is 0. The molecule has 2 N–H and O–H groups in total. The summed E-state index contributed by atoms with van der Waals surface area (Å²) in [6.45, 7) is 4.89. The van der Waals surface area contributed by atoms with E-state index in [1.54, 1.807) is 6.07 Å². The molecule has 0 aliphatic heterocycles. The van der Waals surface area contributed by atoms with Gasteiger partial charge in [0.25, 0.3) is 0 Å². The molecule has 5 heteroatoms. The fourth-order valence-electron chi connectivity index (χ4n) is 2.01. The molecule has 1 rings (SSSR count). The molecule has 0 spiro atoms. The summed E-state index contributed by atoms with van der Waals surface area (Å²) in [7, 11) is 0. The van der Waals surface area contributed by atoms with Gasteiger partial charge in [-0.2, -0.15) is 13.2 Å². The number of hydrogen-bond donors (Lipinski definition) is 1. The van der Waals surface area contributed by atoms with Crippen molar-refractivity contribution in [3.63, 3.8) is 0 Å². The van der Waals surface area contributed by atoms with E-state index in [1.807, 2.05) is 0 Å². The maximum Gasteiger partial charge on any atom is 0.416 e. The van der Waals surface area contributed by atoms with Crippen molar-refractivity contribution >= 4 is 0 Å². The Kier molecular flexibility index (Phi) is 6.31. The SMILES string of the molecule is CCCN(CCCN)Cc1cccc(C(F)(F)F)c1. The maximum atomic E-state index is 12.6. The third-order valence-electron chi connectivity index (χ3n) is 2.88. The van der Waals surface area contributed by atoms with Gasteiger partial charge in [0.05, 0.1) is 5.56 Å². The third kappa shape index (κ3) is 5.61. The van der Waals surface area contributed by atoms with Crippen molar-refractivity contribution in [1.82, 2.24) is 4.90 Å². The van der Waals surface area contributed by atoms with E-state index < -0.39 is 11.7 Å². The Morgan fingerprint density at radius 2 is 1.95 bits per heavy atom. The molecule has 1 aromatic carbocycles. The van der Waals surface area contributed by atoms with Gasteiger partial charge >= 0.3 is 6.18 Å². The Hall–Kier alpha value is -1.07. The summed E-state index contributed by atoms with van der Waals surface area (Å²) >= 11 is 0. The van der Waals surface area contributed by atoms with Gasteiger partial charge in [-0.15, -0.1) is 0 Å². The summed E-state index contributed by atoms with van der Waals surface area (Å²) in [4.78, 5) is 2.14. The molecule has 0 aromatic heterocycles. The molecule has 0 fully saturated rings. The zero-order chi connectivity index (χ0) is 14.3. The fourth-order valence-corrected chi connectivity index (χ4v) is 2.01. The Labute approximate surface area is 112 Å². The highest BCUT2D eigenvalue weighted by Crippen LogP contribution is 2.29. The Balaban J connectivity index is 2.73. The number of hydrogen-bond acceptors (Lipinski definition) is 2.